The zero-order chi connectivity index (χ0) is 21.6. The van der Waals surface area contributed by atoms with E-state index in [1.54, 1.807) is 12.0 Å². The maximum absolute atomic E-state index is 13.1. The topological polar surface area (TPSA) is 76.1 Å². The summed E-state index contributed by atoms with van der Waals surface area (Å²) in [5.41, 5.74) is 1.13. The normalized spacial score (nSPS) is 29.0. The number of benzene rings is 2. The first-order chi connectivity index (χ1) is 15.0. The highest BCUT2D eigenvalue weighted by Gasteiger charge is 2.65. The van der Waals surface area contributed by atoms with Crippen molar-refractivity contribution in [2.45, 2.75) is 55.8 Å². The Bertz CT molecular complexity index is 1020. The Labute approximate surface area is 181 Å². The van der Waals surface area contributed by atoms with Gasteiger partial charge >= 0.3 is 6.09 Å². The SMILES string of the molecule is COc1ccc2c(c1)[C@]13CCN(C(=O)OCc4ccccc4)C(C2)[C@]1(O)CCC(=O)C3. The summed E-state index contributed by atoms with van der Waals surface area (Å²) in [6, 6.07) is 15.0. The van der Waals surface area contributed by atoms with Gasteiger partial charge in [0.1, 0.15) is 18.1 Å². The van der Waals surface area contributed by atoms with Crippen molar-refractivity contribution < 1.29 is 24.2 Å². The minimum absolute atomic E-state index is 0.166. The lowest BCUT2D eigenvalue weighted by Crippen LogP contribution is -2.73. The quantitative estimate of drug-likeness (QED) is 0.822. The molecule has 31 heavy (non-hydrogen) atoms. The lowest BCUT2D eigenvalue weighted by molar-refractivity contribution is -0.167. The highest BCUT2D eigenvalue weighted by molar-refractivity contribution is 5.83. The van der Waals surface area contributed by atoms with Crippen molar-refractivity contribution in [3.63, 3.8) is 0 Å². The van der Waals surface area contributed by atoms with Crippen LogP contribution in [0, 0.1) is 0 Å². The molecular formula is C25H27NO5. The van der Waals surface area contributed by atoms with E-state index in [9.17, 15) is 14.7 Å². The number of ether oxygens (including phenoxy) is 2. The van der Waals surface area contributed by atoms with Gasteiger partial charge in [-0.1, -0.05) is 36.4 Å². The minimum atomic E-state index is -1.16. The average molecular weight is 421 g/mol. The number of hydrogen-bond donors (Lipinski definition) is 1. The summed E-state index contributed by atoms with van der Waals surface area (Å²) in [5, 5.41) is 12.1. The van der Waals surface area contributed by atoms with E-state index in [1.165, 1.54) is 0 Å². The van der Waals surface area contributed by atoms with Crippen LogP contribution in [-0.2, 0) is 28.0 Å². The summed E-state index contributed by atoms with van der Waals surface area (Å²) < 4.78 is 11.1. The fraction of sp³-hybridized carbons (Fsp3) is 0.440. The van der Waals surface area contributed by atoms with Crippen LogP contribution in [0.25, 0.3) is 0 Å². The molecule has 0 aromatic heterocycles. The minimum Gasteiger partial charge on any atom is -0.497 e. The van der Waals surface area contributed by atoms with Crippen LogP contribution >= 0.6 is 0 Å². The van der Waals surface area contributed by atoms with Crippen molar-refractivity contribution in [1.29, 1.82) is 0 Å². The third-order valence-electron chi connectivity index (χ3n) is 7.51. The number of amides is 1. The lowest BCUT2D eigenvalue weighted by atomic mass is 9.49. The second-order valence-corrected chi connectivity index (χ2v) is 8.95. The number of carbonyl (C=O) groups excluding carboxylic acids is 2. The Morgan fingerprint density at radius 1 is 1.19 bits per heavy atom. The van der Waals surface area contributed by atoms with Gasteiger partial charge in [0, 0.05) is 24.8 Å². The molecule has 1 saturated carbocycles. The maximum Gasteiger partial charge on any atom is 0.410 e. The van der Waals surface area contributed by atoms with Crippen LogP contribution in [0.4, 0.5) is 4.79 Å². The van der Waals surface area contributed by atoms with Crippen LogP contribution in [0.1, 0.15) is 42.4 Å². The standard InChI is InChI=1S/C25H27NO5/c1-30-20-8-7-18-13-22-25(29)10-9-19(27)15-24(25,21(18)14-20)11-12-26(22)23(28)31-16-17-5-3-2-4-6-17/h2-8,14,22,29H,9-13,15-16H2,1H3/t22?,24-,25-/m1/s1. The molecule has 2 aromatic rings. The molecule has 2 fully saturated rings. The van der Waals surface area contributed by atoms with Crippen molar-refractivity contribution in [1.82, 2.24) is 4.90 Å². The van der Waals surface area contributed by atoms with E-state index >= 15 is 0 Å². The molecule has 1 unspecified atom stereocenters. The molecule has 1 aliphatic heterocycles. The van der Waals surface area contributed by atoms with Gasteiger partial charge in [-0.15, -0.1) is 0 Å². The van der Waals surface area contributed by atoms with Gasteiger partial charge in [-0.05, 0) is 48.1 Å². The van der Waals surface area contributed by atoms with Gasteiger partial charge in [0.05, 0.1) is 18.8 Å². The summed E-state index contributed by atoms with van der Waals surface area (Å²) >= 11 is 0. The monoisotopic (exact) mass is 421 g/mol. The van der Waals surface area contributed by atoms with Crippen LogP contribution in [0.5, 0.6) is 5.75 Å². The first-order valence-corrected chi connectivity index (χ1v) is 10.9. The summed E-state index contributed by atoms with van der Waals surface area (Å²) in [5.74, 6) is 0.885. The lowest BCUT2D eigenvalue weighted by Gasteiger charge is -2.62. The number of aliphatic hydroxyl groups is 1. The molecule has 2 bridgehead atoms. The van der Waals surface area contributed by atoms with Gasteiger partial charge in [-0.25, -0.2) is 4.79 Å². The van der Waals surface area contributed by atoms with Gasteiger partial charge in [-0.2, -0.15) is 0 Å². The second-order valence-electron chi connectivity index (χ2n) is 8.95. The molecule has 162 valence electrons. The predicted molar refractivity (Wildman–Crippen MR) is 114 cm³/mol. The fourth-order valence-electron chi connectivity index (χ4n) is 5.94. The molecule has 6 heteroatoms. The Morgan fingerprint density at radius 2 is 2.00 bits per heavy atom. The number of Topliss-reactive ketones (excluding diaryl/α,β-unsaturated/α-hetero) is 1. The Balaban J connectivity index is 1.49. The van der Waals surface area contributed by atoms with Gasteiger partial charge < -0.3 is 19.5 Å². The first-order valence-electron chi connectivity index (χ1n) is 10.9. The summed E-state index contributed by atoms with van der Waals surface area (Å²) in [6.45, 7) is 0.642. The van der Waals surface area contributed by atoms with E-state index in [4.69, 9.17) is 9.47 Å². The molecule has 2 aromatic carbocycles. The number of piperidine rings is 1. The number of methoxy groups -OCH3 is 1. The number of nitrogens with zero attached hydrogens (tertiary/aromatic N) is 1. The molecule has 1 N–H and O–H groups in total. The molecule has 5 rings (SSSR count). The maximum atomic E-state index is 13.1. The molecule has 0 radical (unpaired) electrons. The van der Waals surface area contributed by atoms with Crippen LogP contribution in [-0.4, -0.2) is 47.2 Å². The number of rotatable bonds is 3. The fourth-order valence-corrected chi connectivity index (χ4v) is 5.94. The Morgan fingerprint density at radius 3 is 2.77 bits per heavy atom. The summed E-state index contributed by atoms with van der Waals surface area (Å²) in [7, 11) is 1.62. The predicted octanol–water partition coefficient (Wildman–Crippen LogP) is 3.38. The third-order valence-corrected chi connectivity index (χ3v) is 7.51. The zero-order valence-corrected chi connectivity index (χ0v) is 17.7. The Hall–Kier alpha value is -2.86. The highest BCUT2D eigenvalue weighted by Crippen LogP contribution is 2.57. The van der Waals surface area contributed by atoms with Crippen LogP contribution in [0.2, 0.25) is 0 Å². The highest BCUT2D eigenvalue weighted by atomic mass is 16.6. The second kappa shape index (κ2) is 7.38. The number of likely N-dealkylation sites (tertiary alicyclic amines) is 1. The van der Waals surface area contributed by atoms with Gasteiger partial charge in [0.2, 0.25) is 0 Å². The largest absolute Gasteiger partial charge is 0.497 e. The first kappa shape index (κ1) is 20.1. The van der Waals surface area contributed by atoms with Crippen molar-refractivity contribution in [3.05, 3.63) is 65.2 Å². The van der Waals surface area contributed by atoms with Crippen molar-refractivity contribution in [2.75, 3.05) is 13.7 Å². The molecule has 0 spiro atoms. The van der Waals surface area contributed by atoms with Crippen molar-refractivity contribution in [2.24, 2.45) is 0 Å². The van der Waals surface area contributed by atoms with Crippen molar-refractivity contribution in [3.8, 4) is 5.75 Å². The molecule has 3 aliphatic rings. The number of carbonyl (C=O) groups is 2. The molecule has 1 saturated heterocycles. The molecular weight excluding hydrogens is 394 g/mol. The van der Waals surface area contributed by atoms with Crippen LogP contribution in [0.15, 0.2) is 48.5 Å². The van der Waals surface area contributed by atoms with Crippen LogP contribution in [0.3, 0.4) is 0 Å². The zero-order valence-electron chi connectivity index (χ0n) is 17.7. The molecule has 3 atom stereocenters. The molecule has 1 heterocycles. The van der Waals surface area contributed by atoms with E-state index in [-0.39, 0.29) is 12.4 Å². The number of hydrogen-bond acceptors (Lipinski definition) is 5. The Kier molecular flexibility index (Phi) is 4.77. The molecule has 6 nitrogen and oxygen atoms in total. The summed E-state index contributed by atoms with van der Waals surface area (Å²) in [6.07, 6.45) is 1.63. The van der Waals surface area contributed by atoms with E-state index in [0.29, 0.717) is 38.6 Å². The summed E-state index contributed by atoms with van der Waals surface area (Å²) in [4.78, 5) is 27.3. The smallest absolute Gasteiger partial charge is 0.410 e. The van der Waals surface area contributed by atoms with Gasteiger partial charge in [0.25, 0.3) is 0 Å². The van der Waals surface area contributed by atoms with E-state index in [1.807, 2.05) is 48.5 Å². The van der Waals surface area contributed by atoms with E-state index in [2.05, 4.69) is 0 Å². The average Bonchev–Trinajstić information content (AvgIpc) is 2.78. The number of ketones is 1. The van der Waals surface area contributed by atoms with Gasteiger partial charge in [-0.3, -0.25) is 4.79 Å². The number of fused-ring (bicyclic) bond motifs is 1. The van der Waals surface area contributed by atoms with E-state index < -0.39 is 23.2 Å². The van der Waals surface area contributed by atoms with Crippen molar-refractivity contribution >= 4 is 11.9 Å². The third kappa shape index (κ3) is 3.04. The molecule has 1 amide bonds. The van der Waals surface area contributed by atoms with E-state index in [0.717, 1.165) is 22.4 Å². The van der Waals surface area contributed by atoms with Crippen LogP contribution < -0.4 is 4.74 Å². The van der Waals surface area contributed by atoms with Gasteiger partial charge in [0.15, 0.2) is 0 Å². The molecule has 2 aliphatic carbocycles.